The summed E-state index contributed by atoms with van der Waals surface area (Å²) >= 11 is 1.58. The van der Waals surface area contributed by atoms with Gasteiger partial charge in [0, 0.05) is 16.6 Å². The van der Waals surface area contributed by atoms with Crippen LogP contribution < -0.4 is 4.74 Å². The number of aliphatic hydroxyl groups excluding tert-OH is 1. The molecule has 3 nitrogen and oxygen atoms in total. The van der Waals surface area contributed by atoms with Gasteiger partial charge in [0.15, 0.2) is 0 Å². The maximum Gasteiger partial charge on any atom is 0.140 e. The lowest BCUT2D eigenvalue weighted by molar-refractivity contribution is 0.190. The SMILES string of the molecule is Cc1csc(COc2ccccc2[C@H](C)O)n1. The summed E-state index contributed by atoms with van der Waals surface area (Å²) in [4.78, 5) is 4.33. The van der Waals surface area contributed by atoms with Crippen LogP contribution in [0.5, 0.6) is 5.75 Å². The van der Waals surface area contributed by atoms with E-state index in [4.69, 9.17) is 4.74 Å². The van der Waals surface area contributed by atoms with Crippen molar-refractivity contribution >= 4 is 11.3 Å². The minimum atomic E-state index is -0.524. The Morgan fingerprint density at radius 1 is 1.41 bits per heavy atom. The molecule has 0 radical (unpaired) electrons. The summed E-state index contributed by atoms with van der Waals surface area (Å²) in [6.07, 6.45) is -0.524. The minimum Gasteiger partial charge on any atom is -0.486 e. The first kappa shape index (κ1) is 12.1. The van der Waals surface area contributed by atoms with Gasteiger partial charge in [0.1, 0.15) is 17.4 Å². The van der Waals surface area contributed by atoms with Gasteiger partial charge in [-0.05, 0) is 19.9 Å². The molecule has 0 saturated carbocycles. The fourth-order valence-corrected chi connectivity index (χ4v) is 2.25. The third kappa shape index (κ3) is 3.05. The number of rotatable bonds is 4. The lowest BCUT2D eigenvalue weighted by atomic mass is 10.1. The van der Waals surface area contributed by atoms with Crippen LogP contribution in [0.3, 0.4) is 0 Å². The second-order valence-corrected chi connectivity index (χ2v) is 4.83. The molecule has 0 aliphatic heterocycles. The van der Waals surface area contributed by atoms with E-state index in [2.05, 4.69) is 4.98 Å². The summed E-state index contributed by atoms with van der Waals surface area (Å²) in [7, 11) is 0. The summed E-state index contributed by atoms with van der Waals surface area (Å²) in [6.45, 7) is 4.14. The highest BCUT2D eigenvalue weighted by Gasteiger charge is 2.08. The molecule has 0 aliphatic rings. The molecule has 0 bridgehead atoms. The molecule has 1 atom stereocenters. The molecule has 2 aromatic rings. The molecule has 4 heteroatoms. The highest BCUT2D eigenvalue weighted by Crippen LogP contribution is 2.25. The van der Waals surface area contributed by atoms with Gasteiger partial charge in [-0.25, -0.2) is 4.98 Å². The summed E-state index contributed by atoms with van der Waals surface area (Å²) in [6, 6.07) is 7.52. The van der Waals surface area contributed by atoms with Gasteiger partial charge in [-0.1, -0.05) is 18.2 Å². The molecule has 1 aromatic heterocycles. The van der Waals surface area contributed by atoms with Gasteiger partial charge in [0.05, 0.1) is 6.10 Å². The van der Waals surface area contributed by atoms with E-state index in [0.717, 1.165) is 22.0 Å². The van der Waals surface area contributed by atoms with E-state index in [9.17, 15) is 5.11 Å². The first-order valence-electron chi connectivity index (χ1n) is 5.47. The number of aryl methyl sites for hydroxylation is 1. The van der Waals surface area contributed by atoms with Crippen LogP contribution in [-0.2, 0) is 6.61 Å². The number of benzene rings is 1. The van der Waals surface area contributed by atoms with Crippen LogP contribution in [-0.4, -0.2) is 10.1 Å². The maximum absolute atomic E-state index is 9.61. The van der Waals surface area contributed by atoms with Crippen molar-refractivity contribution < 1.29 is 9.84 Å². The summed E-state index contributed by atoms with van der Waals surface area (Å²) in [5.74, 6) is 0.718. The normalized spacial score (nSPS) is 12.4. The number of para-hydroxylation sites is 1. The zero-order valence-electron chi connectivity index (χ0n) is 9.88. The summed E-state index contributed by atoms with van der Waals surface area (Å²) < 4.78 is 5.69. The first-order chi connectivity index (χ1) is 8.16. The van der Waals surface area contributed by atoms with Crippen LogP contribution in [0.1, 0.15) is 29.3 Å². The van der Waals surface area contributed by atoms with Crippen LogP contribution in [0.25, 0.3) is 0 Å². The smallest absolute Gasteiger partial charge is 0.140 e. The average Bonchev–Trinajstić information content (AvgIpc) is 2.73. The third-order valence-electron chi connectivity index (χ3n) is 2.39. The molecule has 2 rings (SSSR count). The lowest BCUT2D eigenvalue weighted by Crippen LogP contribution is -2.00. The van der Waals surface area contributed by atoms with Crippen molar-refractivity contribution in [2.24, 2.45) is 0 Å². The molecular formula is C13H15NO2S. The maximum atomic E-state index is 9.61. The van der Waals surface area contributed by atoms with Gasteiger partial charge in [0.2, 0.25) is 0 Å². The monoisotopic (exact) mass is 249 g/mol. The molecule has 0 aliphatic carbocycles. The Labute approximate surface area is 105 Å². The fraction of sp³-hybridized carbons (Fsp3) is 0.308. The van der Waals surface area contributed by atoms with Gasteiger partial charge in [-0.15, -0.1) is 11.3 Å². The van der Waals surface area contributed by atoms with E-state index >= 15 is 0 Å². The van der Waals surface area contributed by atoms with Crippen molar-refractivity contribution in [3.63, 3.8) is 0 Å². The number of aromatic nitrogens is 1. The number of thiazole rings is 1. The molecule has 0 unspecified atom stereocenters. The van der Waals surface area contributed by atoms with Crippen LogP contribution in [0.2, 0.25) is 0 Å². The molecule has 0 amide bonds. The number of ether oxygens (including phenoxy) is 1. The first-order valence-corrected chi connectivity index (χ1v) is 6.35. The summed E-state index contributed by atoms with van der Waals surface area (Å²) in [5.41, 5.74) is 1.82. The molecule has 90 valence electrons. The standard InChI is InChI=1S/C13H15NO2S/c1-9-8-17-13(14-9)7-16-12-6-4-3-5-11(12)10(2)15/h3-6,8,10,15H,7H2,1-2H3/t10-/m0/s1. The third-order valence-corrected chi connectivity index (χ3v) is 3.33. The number of hydrogen-bond acceptors (Lipinski definition) is 4. The van der Waals surface area contributed by atoms with Gasteiger partial charge in [0.25, 0.3) is 0 Å². The highest BCUT2D eigenvalue weighted by atomic mass is 32.1. The van der Waals surface area contributed by atoms with Gasteiger partial charge in [-0.3, -0.25) is 0 Å². The van der Waals surface area contributed by atoms with Crippen molar-refractivity contribution in [1.82, 2.24) is 4.98 Å². The van der Waals surface area contributed by atoms with Gasteiger partial charge < -0.3 is 9.84 Å². The molecule has 1 heterocycles. The van der Waals surface area contributed by atoms with Crippen LogP contribution >= 0.6 is 11.3 Å². The fourth-order valence-electron chi connectivity index (χ4n) is 1.57. The zero-order chi connectivity index (χ0) is 12.3. The molecule has 1 N–H and O–H groups in total. The Morgan fingerprint density at radius 3 is 2.82 bits per heavy atom. The Balaban J connectivity index is 2.08. The second-order valence-electron chi connectivity index (χ2n) is 3.89. The quantitative estimate of drug-likeness (QED) is 0.905. The van der Waals surface area contributed by atoms with E-state index < -0.39 is 6.10 Å². The van der Waals surface area contributed by atoms with Crippen molar-refractivity contribution in [2.75, 3.05) is 0 Å². The molecule has 1 aromatic carbocycles. The largest absolute Gasteiger partial charge is 0.486 e. The van der Waals surface area contributed by atoms with E-state index in [-0.39, 0.29) is 0 Å². The topological polar surface area (TPSA) is 42.4 Å². The molecule has 0 spiro atoms. The number of nitrogens with zero attached hydrogens (tertiary/aromatic N) is 1. The number of hydrogen-bond donors (Lipinski definition) is 1. The van der Waals surface area contributed by atoms with Crippen molar-refractivity contribution in [1.29, 1.82) is 0 Å². The lowest BCUT2D eigenvalue weighted by Gasteiger charge is -2.12. The van der Waals surface area contributed by atoms with Crippen LogP contribution in [0.4, 0.5) is 0 Å². The number of aliphatic hydroxyl groups is 1. The van der Waals surface area contributed by atoms with Crippen LogP contribution in [0, 0.1) is 6.92 Å². The second kappa shape index (κ2) is 5.29. The van der Waals surface area contributed by atoms with E-state index in [1.165, 1.54) is 0 Å². The molecular weight excluding hydrogens is 234 g/mol. The van der Waals surface area contributed by atoms with Crippen molar-refractivity contribution in [2.45, 2.75) is 26.6 Å². The van der Waals surface area contributed by atoms with Crippen LogP contribution in [0.15, 0.2) is 29.6 Å². The predicted molar refractivity (Wildman–Crippen MR) is 68.3 cm³/mol. The Morgan fingerprint density at radius 2 is 2.18 bits per heavy atom. The predicted octanol–water partition coefficient (Wildman–Crippen LogP) is 3.08. The Bertz CT molecular complexity index is 494. The molecule has 17 heavy (non-hydrogen) atoms. The van der Waals surface area contributed by atoms with Gasteiger partial charge >= 0.3 is 0 Å². The molecule has 0 fully saturated rings. The average molecular weight is 249 g/mol. The van der Waals surface area contributed by atoms with Gasteiger partial charge in [-0.2, -0.15) is 0 Å². The Hall–Kier alpha value is -1.39. The highest BCUT2D eigenvalue weighted by molar-refractivity contribution is 7.09. The van der Waals surface area contributed by atoms with E-state index in [1.54, 1.807) is 18.3 Å². The zero-order valence-corrected chi connectivity index (χ0v) is 10.7. The van der Waals surface area contributed by atoms with E-state index in [1.807, 2.05) is 36.6 Å². The molecule has 0 saturated heterocycles. The van der Waals surface area contributed by atoms with Crippen molar-refractivity contribution in [3.8, 4) is 5.75 Å². The van der Waals surface area contributed by atoms with E-state index in [0.29, 0.717) is 6.61 Å². The van der Waals surface area contributed by atoms with Crippen molar-refractivity contribution in [3.05, 3.63) is 45.9 Å². The summed E-state index contributed by atoms with van der Waals surface area (Å²) in [5, 5.41) is 12.6. The Kier molecular flexibility index (Phi) is 3.76. The minimum absolute atomic E-state index is 0.447.